The molecule has 2 aliphatic heterocycles. The van der Waals surface area contributed by atoms with Gasteiger partial charge >= 0.3 is 6.09 Å². The molecule has 0 atom stereocenters. The van der Waals surface area contributed by atoms with Crippen molar-refractivity contribution in [1.29, 1.82) is 0 Å². The van der Waals surface area contributed by atoms with Crippen molar-refractivity contribution in [3.63, 3.8) is 0 Å². The van der Waals surface area contributed by atoms with E-state index in [4.69, 9.17) is 0 Å². The number of piperidine rings is 1. The first-order valence-corrected chi connectivity index (χ1v) is 10.2. The van der Waals surface area contributed by atoms with Gasteiger partial charge in [0.05, 0.1) is 0 Å². The molecule has 2 N–H and O–H groups in total. The summed E-state index contributed by atoms with van der Waals surface area (Å²) in [7, 11) is 0. The normalized spacial score (nSPS) is 23.4. The Bertz CT molecular complexity index is 693. The number of piperazine rings is 1. The topological polar surface area (TPSA) is 89.0 Å². The van der Waals surface area contributed by atoms with E-state index in [0.29, 0.717) is 25.2 Å². The predicted octanol–water partition coefficient (Wildman–Crippen LogP) is 1.10. The smallest absolute Gasteiger partial charge is 0.407 e. The largest absolute Gasteiger partial charge is 0.465 e. The highest BCUT2D eigenvalue weighted by Gasteiger charge is 2.43. The van der Waals surface area contributed by atoms with Crippen molar-refractivity contribution in [2.24, 2.45) is 0 Å². The van der Waals surface area contributed by atoms with E-state index in [9.17, 15) is 14.7 Å². The van der Waals surface area contributed by atoms with Gasteiger partial charge < -0.3 is 15.3 Å². The van der Waals surface area contributed by atoms with Crippen molar-refractivity contribution in [2.75, 3.05) is 45.8 Å². The summed E-state index contributed by atoms with van der Waals surface area (Å²) in [6, 6.07) is 4.20. The molecule has 1 aromatic heterocycles. The number of carbonyl (C=O) groups is 2. The van der Waals surface area contributed by atoms with E-state index in [2.05, 4.69) is 20.1 Å². The van der Waals surface area contributed by atoms with Gasteiger partial charge in [0.2, 0.25) is 0 Å². The minimum atomic E-state index is -0.854. The number of nitrogens with zero attached hydrogens (tertiary/aromatic N) is 4. The van der Waals surface area contributed by atoms with Gasteiger partial charge in [-0.25, -0.2) is 4.79 Å². The highest BCUT2D eigenvalue weighted by molar-refractivity contribution is 5.94. The number of rotatable bonds is 5. The van der Waals surface area contributed by atoms with E-state index in [1.165, 1.54) is 17.7 Å². The molecule has 1 saturated carbocycles. The lowest BCUT2D eigenvalue weighted by Crippen LogP contribution is -2.65. The zero-order valence-electron chi connectivity index (χ0n) is 16.2. The van der Waals surface area contributed by atoms with E-state index >= 15 is 0 Å². The molecule has 2 amide bonds. The standard InChI is InChI=1S/C20H29N5O3/c26-18(16-3-7-21-8-4-16)22-15-20(5-9-24(10-6-20)19(27)28)25-13-11-23(12-14-25)17-1-2-17/h3-4,7-8,17H,1-2,5-6,9-15H2,(H,22,26)(H,27,28). The van der Waals surface area contributed by atoms with Crippen molar-refractivity contribution >= 4 is 12.0 Å². The molecule has 0 bridgehead atoms. The van der Waals surface area contributed by atoms with Gasteiger partial charge in [0.1, 0.15) is 0 Å². The average Bonchev–Trinajstić information content (AvgIpc) is 3.58. The fraction of sp³-hybridized carbons (Fsp3) is 0.650. The maximum atomic E-state index is 12.6. The Balaban J connectivity index is 1.42. The lowest BCUT2D eigenvalue weighted by molar-refractivity contribution is -0.00866. The highest BCUT2D eigenvalue weighted by Crippen LogP contribution is 2.33. The third kappa shape index (κ3) is 4.12. The Kier molecular flexibility index (Phi) is 5.50. The van der Waals surface area contributed by atoms with Gasteiger partial charge in [-0.05, 0) is 37.8 Å². The first kappa shape index (κ1) is 19.1. The van der Waals surface area contributed by atoms with Crippen molar-refractivity contribution < 1.29 is 14.7 Å². The van der Waals surface area contributed by atoms with Crippen molar-refractivity contribution in [1.82, 2.24) is 25.0 Å². The third-order valence-electron chi connectivity index (χ3n) is 6.53. The lowest BCUT2D eigenvalue weighted by Gasteiger charge is -2.51. The number of carbonyl (C=O) groups excluding carboxylic acids is 1. The predicted molar refractivity (Wildman–Crippen MR) is 104 cm³/mol. The minimum absolute atomic E-state index is 0.0981. The molecule has 0 unspecified atom stereocenters. The molecule has 4 rings (SSSR count). The van der Waals surface area contributed by atoms with Crippen molar-refractivity contribution in [2.45, 2.75) is 37.3 Å². The maximum absolute atomic E-state index is 12.6. The van der Waals surface area contributed by atoms with Gasteiger partial charge in [0, 0.05) is 75.4 Å². The van der Waals surface area contributed by atoms with Crippen LogP contribution in [-0.2, 0) is 0 Å². The molecule has 3 heterocycles. The summed E-state index contributed by atoms with van der Waals surface area (Å²) in [5, 5.41) is 12.4. The van der Waals surface area contributed by atoms with Gasteiger partial charge in [0.15, 0.2) is 0 Å². The number of nitrogens with one attached hydrogen (secondary N) is 1. The van der Waals surface area contributed by atoms with Crippen molar-refractivity contribution in [3.8, 4) is 0 Å². The van der Waals surface area contributed by atoms with E-state index in [0.717, 1.165) is 45.1 Å². The Hall–Kier alpha value is -2.19. The van der Waals surface area contributed by atoms with Gasteiger partial charge in [-0.3, -0.25) is 19.6 Å². The Labute approximate surface area is 165 Å². The average molecular weight is 387 g/mol. The summed E-state index contributed by atoms with van der Waals surface area (Å²) in [5.74, 6) is -0.0981. The Morgan fingerprint density at radius 2 is 1.71 bits per heavy atom. The Morgan fingerprint density at radius 1 is 1.07 bits per heavy atom. The number of hydrogen-bond acceptors (Lipinski definition) is 5. The summed E-state index contributed by atoms with van der Waals surface area (Å²) in [6.07, 6.45) is 6.52. The number of hydrogen-bond donors (Lipinski definition) is 2. The van der Waals surface area contributed by atoms with E-state index < -0.39 is 6.09 Å². The fourth-order valence-electron chi connectivity index (χ4n) is 4.57. The molecule has 1 aliphatic carbocycles. The molecule has 8 heteroatoms. The monoisotopic (exact) mass is 387 g/mol. The van der Waals surface area contributed by atoms with Crippen LogP contribution >= 0.6 is 0 Å². The van der Waals surface area contributed by atoms with Crippen molar-refractivity contribution in [3.05, 3.63) is 30.1 Å². The molecule has 8 nitrogen and oxygen atoms in total. The summed E-state index contributed by atoms with van der Waals surface area (Å²) in [6.45, 7) is 5.67. The lowest BCUT2D eigenvalue weighted by atomic mass is 9.84. The first-order chi connectivity index (χ1) is 13.6. The molecule has 28 heavy (non-hydrogen) atoms. The fourth-order valence-corrected chi connectivity index (χ4v) is 4.57. The second kappa shape index (κ2) is 8.05. The van der Waals surface area contributed by atoms with E-state index in [1.807, 2.05) is 0 Å². The summed E-state index contributed by atoms with van der Waals surface area (Å²) in [4.78, 5) is 34.4. The summed E-state index contributed by atoms with van der Waals surface area (Å²) < 4.78 is 0. The van der Waals surface area contributed by atoms with Crippen LogP contribution in [0.4, 0.5) is 4.79 Å². The first-order valence-electron chi connectivity index (χ1n) is 10.2. The number of pyridine rings is 1. The molecule has 2 saturated heterocycles. The Morgan fingerprint density at radius 3 is 2.29 bits per heavy atom. The minimum Gasteiger partial charge on any atom is -0.465 e. The zero-order chi connectivity index (χ0) is 19.6. The van der Waals surface area contributed by atoms with Gasteiger partial charge in [-0.1, -0.05) is 0 Å². The van der Waals surface area contributed by atoms with Crippen LogP contribution in [0.1, 0.15) is 36.0 Å². The number of carboxylic acid groups (broad SMARTS) is 1. The van der Waals surface area contributed by atoms with Crippen LogP contribution < -0.4 is 5.32 Å². The van der Waals surface area contributed by atoms with Crippen LogP contribution in [0.5, 0.6) is 0 Å². The molecule has 1 aromatic rings. The van der Waals surface area contributed by atoms with Crippen LogP contribution in [0, 0.1) is 0 Å². The second-order valence-corrected chi connectivity index (χ2v) is 8.17. The van der Waals surface area contributed by atoms with Gasteiger partial charge in [-0.15, -0.1) is 0 Å². The van der Waals surface area contributed by atoms with Crippen LogP contribution in [0.2, 0.25) is 0 Å². The van der Waals surface area contributed by atoms with Crippen LogP contribution in [0.3, 0.4) is 0 Å². The molecule has 3 fully saturated rings. The quantitative estimate of drug-likeness (QED) is 0.787. The second-order valence-electron chi connectivity index (χ2n) is 8.17. The van der Waals surface area contributed by atoms with Crippen LogP contribution in [0.15, 0.2) is 24.5 Å². The number of aromatic nitrogens is 1. The van der Waals surface area contributed by atoms with Crippen LogP contribution in [0.25, 0.3) is 0 Å². The van der Waals surface area contributed by atoms with E-state index in [-0.39, 0.29) is 11.4 Å². The van der Waals surface area contributed by atoms with E-state index in [1.54, 1.807) is 24.5 Å². The molecular formula is C20H29N5O3. The summed E-state index contributed by atoms with van der Waals surface area (Å²) in [5.41, 5.74) is 0.427. The molecule has 0 radical (unpaired) electrons. The molecule has 0 spiro atoms. The molecule has 3 aliphatic rings. The number of amides is 2. The highest BCUT2D eigenvalue weighted by atomic mass is 16.4. The number of likely N-dealkylation sites (tertiary alicyclic amines) is 1. The van der Waals surface area contributed by atoms with Crippen LogP contribution in [-0.4, -0.2) is 94.2 Å². The summed E-state index contributed by atoms with van der Waals surface area (Å²) >= 11 is 0. The molecular weight excluding hydrogens is 358 g/mol. The molecule has 152 valence electrons. The van der Waals surface area contributed by atoms with Gasteiger partial charge in [-0.2, -0.15) is 0 Å². The maximum Gasteiger partial charge on any atom is 0.407 e. The third-order valence-corrected chi connectivity index (χ3v) is 6.53. The molecule has 0 aromatic carbocycles. The SMILES string of the molecule is O=C(NCC1(N2CCN(C3CC3)CC2)CCN(C(=O)O)CC1)c1ccncc1. The zero-order valence-corrected chi connectivity index (χ0v) is 16.2. The van der Waals surface area contributed by atoms with Gasteiger partial charge in [0.25, 0.3) is 5.91 Å².